The molecule has 0 saturated carbocycles. The van der Waals surface area contributed by atoms with Crippen molar-refractivity contribution in [2.75, 3.05) is 5.32 Å². The number of anilines is 1. The van der Waals surface area contributed by atoms with Crippen LogP contribution >= 0.6 is 11.3 Å². The number of amides is 1. The number of nitrogens with one attached hydrogen (secondary N) is 1. The fourth-order valence-electron chi connectivity index (χ4n) is 2.38. The Morgan fingerprint density at radius 1 is 1.45 bits per heavy atom. The van der Waals surface area contributed by atoms with Gasteiger partial charge in [-0.25, -0.2) is 4.68 Å². The quantitative estimate of drug-likeness (QED) is 0.877. The van der Waals surface area contributed by atoms with E-state index in [2.05, 4.69) is 28.6 Å². The number of nitrogens with zero attached hydrogens (tertiary/aromatic N) is 2. The van der Waals surface area contributed by atoms with Crippen molar-refractivity contribution in [3.63, 3.8) is 0 Å². The van der Waals surface area contributed by atoms with E-state index in [-0.39, 0.29) is 11.8 Å². The third-order valence-electron chi connectivity index (χ3n) is 3.49. The lowest BCUT2D eigenvalue weighted by atomic mass is 9.94. The van der Waals surface area contributed by atoms with Crippen molar-refractivity contribution in [3.05, 3.63) is 46.8 Å². The van der Waals surface area contributed by atoms with Crippen molar-refractivity contribution < 1.29 is 4.79 Å². The van der Waals surface area contributed by atoms with Gasteiger partial charge >= 0.3 is 0 Å². The van der Waals surface area contributed by atoms with Gasteiger partial charge in [0.05, 0.1) is 12.7 Å². The highest BCUT2D eigenvalue weighted by Crippen LogP contribution is 2.21. The van der Waals surface area contributed by atoms with E-state index in [0.717, 1.165) is 25.1 Å². The second kappa shape index (κ2) is 6.05. The Morgan fingerprint density at radius 3 is 3.15 bits per heavy atom. The van der Waals surface area contributed by atoms with Crippen molar-refractivity contribution in [3.8, 4) is 0 Å². The molecule has 104 valence electrons. The van der Waals surface area contributed by atoms with Crippen molar-refractivity contribution in [2.24, 2.45) is 5.92 Å². The molecule has 2 aromatic rings. The van der Waals surface area contributed by atoms with Crippen molar-refractivity contribution in [1.29, 1.82) is 0 Å². The highest BCUT2D eigenvalue weighted by Gasteiger charge is 2.19. The van der Waals surface area contributed by atoms with Crippen LogP contribution < -0.4 is 5.32 Å². The third kappa shape index (κ3) is 2.99. The number of aromatic nitrogens is 2. The highest BCUT2D eigenvalue weighted by molar-refractivity contribution is 7.09. The Bertz CT molecular complexity index is 600. The van der Waals surface area contributed by atoms with Gasteiger partial charge in [-0.1, -0.05) is 18.2 Å². The maximum absolute atomic E-state index is 12.2. The molecule has 0 radical (unpaired) electrons. The standard InChI is InChI=1S/C15H17N3OS/c19-15(12-5-2-1-3-6-12)17-14-8-9-16-18(14)11-13-7-4-10-20-13/h1-2,4,7-10,12H,3,5-6,11H2,(H,17,19)/t12-/m1/s1. The van der Waals surface area contributed by atoms with Gasteiger partial charge < -0.3 is 5.32 Å². The van der Waals surface area contributed by atoms with Crippen LogP contribution in [0.15, 0.2) is 41.9 Å². The minimum absolute atomic E-state index is 0.0880. The molecule has 1 aliphatic carbocycles. The molecule has 1 N–H and O–H groups in total. The Morgan fingerprint density at radius 2 is 2.40 bits per heavy atom. The van der Waals surface area contributed by atoms with Crippen molar-refractivity contribution in [1.82, 2.24) is 9.78 Å². The fourth-order valence-corrected chi connectivity index (χ4v) is 3.06. The fraction of sp³-hybridized carbons (Fsp3) is 0.333. The summed E-state index contributed by atoms with van der Waals surface area (Å²) in [6.07, 6.45) is 8.73. The molecule has 1 atom stereocenters. The topological polar surface area (TPSA) is 46.9 Å². The van der Waals surface area contributed by atoms with Crippen LogP contribution in [0, 0.1) is 5.92 Å². The Balaban J connectivity index is 1.67. The van der Waals surface area contributed by atoms with Crippen LogP contribution in [0.3, 0.4) is 0 Å². The summed E-state index contributed by atoms with van der Waals surface area (Å²) in [6, 6.07) is 5.95. The van der Waals surface area contributed by atoms with Crippen LogP contribution in [0.5, 0.6) is 0 Å². The average molecular weight is 287 g/mol. The Kier molecular flexibility index (Phi) is 3.97. The van der Waals surface area contributed by atoms with E-state index < -0.39 is 0 Å². The summed E-state index contributed by atoms with van der Waals surface area (Å²) >= 11 is 1.69. The molecule has 0 unspecified atom stereocenters. The summed E-state index contributed by atoms with van der Waals surface area (Å²) in [5.41, 5.74) is 0. The van der Waals surface area contributed by atoms with E-state index in [9.17, 15) is 4.79 Å². The minimum atomic E-state index is 0.0880. The second-order valence-electron chi connectivity index (χ2n) is 4.92. The zero-order valence-corrected chi connectivity index (χ0v) is 12.0. The van der Waals surface area contributed by atoms with Gasteiger partial charge in [-0.3, -0.25) is 4.79 Å². The normalized spacial score (nSPS) is 18.1. The summed E-state index contributed by atoms with van der Waals surface area (Å²) in [6.45, 7) is 0.699. The summed E-state index contributed by atoms with van der Waals surface area (Å²) in [4.78, 5) is 13.5. The molecular weight excluding hydrogens is 270 g/mol. The molecule has 0 spiro atoms. The zero-order chi connectivity index (χ0) is 13.8. The molecule has 0 fully saturated rings. The predicted molar refractivity (Wildman–Crippen MR) is 80.8 cm³/mol. The van der Waals surface area contributed by atoms with Gasteiger partial charge in [0.1, 0.15) is 5.82 Å². The minimum Gasteiger partial charge on any atom is -0.311 e. The average Bonchev–Trinajstić information content (AvgIpc) is 3.13. The summed E-state index contributed by atoms with van der Waals surface area (Å²) < 4.78 is 1.84. The molecule has 20 heavy (non-hydrogen) atoms. The van der Waals surface area contributed by atoms with Crippen molar-refractivity contribution in [2.45, 2.75) is 25.8 Å². The summed E-state index contributed by atoms with van der Waals surface area (Å²) in [5, 5.41) is 9.34. The first-order valence-electron chi connectivity index (χ1n) is 6.83. The monoisotopic (exact) mass is 287 g/mol. The van der Waals surface area contributed by atoms with Crippen LogP contribution in [-0.4, -0.2) is 15.7 Å². The van der Waals surface area contributed by atoms with E-state index in [1.54, 1.807) is 17.5 Å². The number of hydrogen-bond donors (Lipinski definition) is 1. The van der Waals surface area contributed by atoms with Crippen LogP contribution in [0.25, 0.3) is 0 Å². The second-order valence-corrected chi connectivity index (χ2v) is 5.96. The molecular formula is C15H17N3OS. The van der Waals surface area contributed by atoms with Gasteiger partial charge in [0.15, 0.2) is 0 Å². The lowest BCUT2D eigenvalue weighted by Crippen LogP contribution is -2.25. The molecule has 2 aromatic heterocycles. The number of rotatable bonds is 4. The maximum Gasteiger partial charge on any atom is 0.228 e. The van der Waals surface area contributed by atoms with Crippen LogP contribution in [0.1, 0.15) is 24.1 Å². The third-order valence-corrected chi connectivity index (χ3v) is 4.35. The van der Waals surface area contributed by atoms with Gasteiger partial charge in [0.2, 0.25) is 5.91 Å². The molecule has 3 rings (SSSR count). The predicted octanol–water partition coefficient (Wildman–Crippen LogP) is 3.29. The summed E-state index contributed by atoms with van der Waals surface area (Å²) in [5.74, 6) is 0.963. The first-order chi connectivity index (χ1) is 9.83. The van der Waals surface area contributed by atoms with Gasteiger partial charge in [0, 0.05) is 16.9 Å². The smallest absolute Gasteiger partial charge is 0.228 e. The maximum atomic E-state index is 12.2. The van der Waals surface area contributed by atoms with E-state index in [4.69, 9.17) is 0 Å². The number of allylic oxidation sites excluding steroid dienone is 2. The van der Waals surface area contributed by atoms with E-state index in [0.29, 0.717) is 6.54 Å². The molecule has 0 saturated heterocycles. The summed E-state index contributed by atoms with van der Waals surface area (Å²) in [7, 11) is 0. The molecule has 1 amide bonds. The van der Waals surface area contributed by atoms with Crippen LogP contribution in [-0.2, 0) is 11.3 Å². The van der Waals surface area contributed by atoms with Crippen LogP contribution in [0.4, 0.5) is 5.82 Å². The number of thiophene rings is 1. The molecule has 0 aromatic carbocycles. The zero-order valence-electron chi connectivity index (χ0n) is 11.2. The van der Waals surface area contributed by atoms with E-state index in [1.807, 2.05) is 22.2 Å². The molecule has 4 nitrogen and oxygen atoms in total. The number of carbonyl (C=O) groups is 1. The van der Waals surface area contributed by atoms with E-state index >= 15 is 0 Å². The molecule has 0 bridgehead atoms. The highest BCUT2D eigenvalue weighted by atomic mass is 32.1. The SMILES string of the molecule is O=C(Nc1ccnn1Cc1cccs1)[C@@H]1CC=CCC1. The van der Waals surface area contributed by atoms with Crippen molar-refractivity contribution >= 4 is 23.1 Å². The molecule has 5 heteroatoms. The first-order valence-corrected chi connectivity index (χ1v) is 7.71. The first kappa shape index (κ1) is 13.1. The van der Waals surface area contributed by atoms with Gasteiger partial charge in [-0.2, -0.15) is 5.10 Å². The van der Waals surface area contributed by atoms with Gasteiger partial charge in [0.25, 0.3) is 0 Å². The number of carbonyl (C=O) groups excluding carboxylic acids is 1. The lowest BCUT2D eigenvalue weighted by molar-refractivity contribution is -0.120. The van der Waals surface area contributed by atoms with Gasteiger partial charge in [-0.15, -0.1) is 11.3 Å². The molecule has 2 heterocycles. The molecule has 1 aliphatic rings. The largest absolute Gasteiger partial charge is 0.311 e. The Hall–Kier alpha value is -1.88. The number of hydrogen-bond acceptors (Lipinski definition) is 3. The van der Waals surface area contributed by atoms with Crippen LogP contribution in [0.2, 0.25) is 0 Å². The van der Waals surface area contributed by atoms with E-state index in [1.165, 1.54) is 4.88 Å². The molecule has 0 aliphatic heterocycles. The Labute approximate surface area is 122 Å². The lowest BCUT2D eigenvalue weighted by Gasteiger charge is -2.17. The van der Waals surface area contributed by atoms with Gasteiger partial charge in [-0.05, 0) is 30.7 Å².